The van der Waals surface area contributed by atoms with Crippen molar-refractivity contribution in [3.63, 3.8) is 0 Å². The molecule has 0 aliphatic carbocycles. The number of likely N-dealkylation sites (tertiary alicyclic amines) is 1. The van der Waals surface area contributed by atoms with Gasteiger partial charge in [-0.15, -0.1) is 0 Å². The highest BCUT2D eigenvalue weighted by molar-refractivity contribution is 5.92. The maximum absolute atomic E-state index is 12.1. The van der Waals surface area contributed by atoms with Crippen molar-refractivity contribution < 1.29 is 9.21 Å². The van der Waals surface area contributed by atoms with Gasteiger partial charge in [-0.3, -0.25) is 15.0 Å². The summed E-state index contributed by atoms with van der Waals surface area (Å²) in [7, 11) is 0. The maximum Gasteiger partial charge on any atom is 0.240 e. The molecule has 2 heterocycles. The predicted octanol–water partition coefficient (Wildman–Crippen LogP) is 2.58. The van der Waals surface area contributed by atoms with E-state index in [0.717, 1.165) is 24.9 Å². The molecule has 0 radical (unpaired) electrons. The number of hydrogen-bond donors (Lipinski definition) is 1. The van der Waals surface area contributed by atoms with Gasteiger partial charge in [0.05, 0.1) is 6.54 Å². The van der Waals surface area contributed by atoms with Crippen LogP contribution in [0.15, 0.2) is 4.42 Å². The van der Waals surface area contributed by atoms with Crippen molar-refractivity contribution in [1.29, 1.82) is 5.26 Å². The summed E-state index contributed by atoms with van der Waals surface area (Å²) in [5, 5.41) is 11.8. The molecule has 1 aliphatic rings. The summed E-state index contributed by atoms with van der Waals surface area (Å²) >= 11 is 0. The summed E-state index contributed by atoms with van der Waals surface area (Å²) in [6, 6.07) is 2.52. The summed E-state index contributed by atoms with van der Waals surface area (Å²) in [4.78, 5) is 14.3. The number of hydrogen-bond acceptors (Lipinski definition) is 4. The maximum atomic E-state index is 12.1. The van der Waals surface area contributed by atoms with E-state index in [2.05, 4.69) is 23.2 Å². The van der Waals surface area contributed by atoms with Gasteiger partial charge in [-0.2, -0.15) is 5.26 Å². The Morgan fingerprint density at radius 2 is 2.25 bits per heavy atom. The van der Waals surface area contributed by atoms with E-state index < -0.39 is 0 Å². The van der Waals surface area contributed by atoms with Crippen LogP contribution in [0.4, 0.5) is 5.88 Å². The predicted molar refractivity (Wildman–Crippen MR) is 76.4 cm³/mol. The molecule has 1 unspecified atom stereocenters. The van der Waals surface area contributed by atoms with Gasteiger partial charge in [0.15, 0.2) is 0 Å². The lowest BCUT2D eigenvalue weighted by Gasteiger charge is -2.32. The second-order valence-corrected chi connectivity index (χ2v) is 5.46. The van der Waals surface area contributed by atoms with Gasteiger partial charge in [0.2, 0.25) is 11.8 Å². The second-order valence-electron chi connectivity index (χ2n) is 5.46. The van der Waals surface area contributed by atoms with Crippen LogP contribution in [0.25, 0.3) is 0 Å². The Kier molecular flexibility index (Phi) is 4.46. The first-order valence-electron chi connectivity index (χ1n) is 7.07. The molecule has 1 amide bonds. The Labute approximate surface area is 119 Å². The number of nitriles is 1. The van der Waals surface area contributed by atoms with E-state index in [9.17, 15) is 4.79 Å². The fourth-order valence-electron chi connectivity index (χ4n) is 2.59. The van der Waals surface area contributed by atoms with E-state index in [1.807, 2.05) is 6.92 Å². The molecule has 108 valence electrons. The Balaban J connectivity index is 2.01. The van der Waals surface area contributed by atoms with Crippen LogP contribution in [0.5, 0.6) is 0 Å². The van der Waals surface area contributed by atoms with Crippen LogP contribution in [-0.4, -0.2) is 29.9 Å². The highest BCUT2D eigenvalue weighted by Crippen LogP contribution is 2.25. The summed E-state index contributed by atoms with van der Waals surface area (Å²) in [5.41, 5.74) is 1.21. The average molecular weight is 275 g/mol. The standard InChI is InChI=1S/C15H21N3O2/c1-10-6-4-5-7-18(10)9-14(19)17-15-13(8-16)11(2)12(3)20-15/h10H,4-7,9H2,1-3H3,(H,17,19). The van der Waals surface area contributed by atoms with E-state index in [1.54, 1.807) is 6.92 Å². The molecular weight excluding hydrogens is 254 g/mol. The van der Waals surface area contributed by atoms with Crippen molar-refractivity contribution >= 4 is 11.8 Å². The molecule has 0 spiro atoms. The number of nitrogens with one attached hydrogen (secondary N) is 1. The Morgan fingerprint density at radius 1 is 1.50 bits per heavy atom. The number of rotatable bonds is 3. The van der Waals surface area contributed by atoms with Crippen LogP contribution in [-0.2, 0) is 4.79 Å². The van der Waals surface area contributed by atoms with Crippen LogP contribution < -0.4 is 5.32 Å². The molecule has 0 saturated carbocycles. The van der Waals surface area contributed by atoms with Crippen LogP contribution in [0.2, 0.25) is 0 Å². The van der Waals surface area contributed by atoms with Crippen LogP contribution in [0, 0.1) is 25.2 Å². The molecular formula is C15H21N3O2. The summed E-state index contributed by atoms with van der Waals surface area (Å²) in [5.74, 6) is 0.823. The fraction of sp³-hybridized carbons (Fsp3) is 0.600. The molecule has 1 aromatic heterocycles. The zero-order chi connectivity index (χ0) is 14.7. The number of amides is 1. The lowest BCUT2D eigenvalue weighted by atomic mass is 10.0. The molecule has 0 bridgehead atoms. The van der Waals surface area contributed by atoms with Crippen LogP contribution in [0.3, 0.4) is 0 Å². The Bertz CT molecular complexity index is 542. The Morgan fingerprint density at radius 3 is 2.90 bits per heavy atom. The second kappa shape index (κ2) is 6.10. The number of piperidine rings is 1. The molecule has 1 saturated heterocycles. The quantitative estimate of drug-likeness (QED) is 0.920. The SMILES string of the molecule is Cc1oc(NC(=O)CN2CCCCC2C)c(C#N)c1C. The number of furan rings is 1. The third-order valence-electron chi connectivity index (χ3n) is 4.04. The monoisotopic (exact) mass is 275 g/mol. The van der Waals surface area contributed by atoms with E-state index in [1.165, 1.54) is 6.42 Å². The molecule has 5 heteroatoms. The molecule has 1 fully saturated rings. The minimum Gasteiger partial charge on any atom is -0.444 e. The first kappa shape index (κ1) is 14.6. The zero-order valence-corrected chi connectivity index (χ0v) is 12.3. The summed E-state index contributed by atoms with van der Waals surface area (Å²) in [6.45, 7) is 7.06. The van der Waals surface area contributed by atoms with Gasteiger partial charge >= 0.3 is 0 Å². The highest BCUT2D eigenvalue weighted by Gasteiger charge is 2.22. The normalized spacial score (nSPS) is 19.6. The molecule has 1 aliphatic heterocycles. The van der Waals surface area contributed by atoms with Gasteiger partial charge < -0.3 is 4.42 Å². The summed E-state index contributed by atoms with van der Waals surface area (Å²) < 4.78 is 5.45. The molecule has 5 nitrogen and oxygen atoms in total. The van der Waals surface area contributed by atoms with Gasteiger partial charge in [0.1, 0.15) is 17.4 Å². The highest BCUT2D eigenvalue weighted by atomic mass is 16.4. The van der Waals surface area contributed by atoms with E-state index in [-0.39, 0.29) is 11.8 Å². The lowest BCUT2D eigenvalue weighted by Crippen LogP contribution is -2.42. The van der Waals surface area contributed by atoms with Gasteiger partial charge in [-0.05, 0) is 40.2 Å². The van der Waals surface area contributed by atoms with Crippen molar-refractivity contribution in [2.45, 2.75) is 46.1 Å². The zero-order valence-electron chi connectivity index (χ0n) is 12.3. The lowest BCUT2D eigenvalue weighted by molar-refractivity contribution is -0.118. The average Bonchev–Trinajstić information content (AvgIpc) is 2.67. The van der Waals surface area contributed by atoms with Crippen LogP contribution >= 0.6 is 0 Å². The first-order valence-corrected chi connectivity index (χ1v) is 7.07. The van der Waals surface area contributed by atoms with E-state index in [0.29, 0.717) is 23.9 Å². The minimum absolute atomic E-state index is 0.121. The number of carbonyl (C=O) groups is 1. The summed E-state index contributed by atoms with van der Waals surface area (Å²) in [6.07, 6.45) is 3.50. The molecule has 1 atom stereocenters. The molecule has 0 aromatic carbocycles. The molecule has 20 heavy (non-hydrogen) atoms. The van der Waals surface area contributed by atoms with Gasteiger partial charge in [-0.25, -0.2) is 0 Å². The van der Waals surface area contributed by atoms with E-state index >= 15 is 0 Å². The van der Waals surface area contributed by atoms with Crippen molar-refractivity contribution in [1.82, 2.24) is 4.90 Å². The first-order chi connectivity index (χ1) is 9.52. The Hall–Kier alpha value is -1.80. The number of carbonyl (C=O) groups excluding carboxylic acids is 1. The van der Waals surface area contributed by atoms with Crippen LogP contribution in [0.1, 0.15) is 43.1 Å². The molecule has 1 N–H and O–H groups in total. The van der Waals surface area contributed by atoms with Crippen molar-refractivity contribution in [3.05, 3.63) is 16.9 Å². The largest absolute Gasteiger partial charge is 0.444 e. The van der Waals surface area contributed by atoms with Gasteiger partial charge in [0, 0.05) is 11.6 Å². The van der Waals surface area contributed by atoms with Gasteiger partial charge in [-0.1, -0.05) is 6.42 Å². The smallest absolute Gasteiger partial charge is 0.240 e. The van der Waals surface area contributed by atoms with Gasteiger partial charge in [0.25, 0.3) is 0 Å². The molecule has 2 rings (SSSR count). The van der Waals surface area contributed by atoms with Crippen molar-refractivity contribution in [3.8, 4) is 6.07 Å². The third-order valence-corrected chi connectivity index (χ3v) is 4.04. The van der Waals surface area contributed by atoms with Crippen molar-refractivity contribution in [2.75, 3.05) is 18.4 Å². The molecule has 1 aromatic rings. The number of aryl methyl sites for hydroxylation is 1. The number of anilines is 1. The number of nitrogens with zero attached hydrogens (tertiary/aromatic N) is 2. The topological polar surface area (TPSA) is 69.3 Å². The third kappa shape index (κ3) is 3.02. The fourth-order valence-corrected chi connectivity index (χ4v) is 2.59. The van der Waals surface area contributed by atoms with E-state index in [4.69, 9.17) is 9.68 Å². The van der Waals surface area contributed by atoms with Crippen molar-refractivity contribution in [2.24, 2.45) is 0 Å². The minimum atomic E-state index is -0.121.